The first kappa shape index (κ1) is 17.7. The first-order chi connectivity index (χ1) is 11.2. The number of rotatable bonds is 3. The number of alkyl halides is 3. The van der Waals surface area contributed by atoms with E-state index in [9.17, 15) is 22.8 Å². The summed E-state index contributed by atoms with van der Waals surface area (Å²) >= 11 is 5.74. The summed E-state index contributed by atoms with van der Waals surface area (Å²) in [6.07, 6.45) is -4.02. The molecule has 1 heterocycles. The molecule has 2 rings (SSSR count). The fourth-order valence-electron chi connectivity index (χ4n) is 1.84. The normalized spacial score (nSPS) is 11.0. The summed E-state index contributed by atoms with van der Waals surface area (Å²) in [6, 6.07) is 6.81. The Morgan fingerprint density at radius 3 is 2.42 bits per heavy atom. The second kappa shape index (κ2) is 6.88. The van der Waals surface area contributed by atoms with Crippen molar-refractivity contribution in [2.45, 2.75) is 13.1 Å². The SMILES string of the molecule is CC(=O)Nc1ccccc1C(=O)Nc1ncc(C(F)(F)F)cc1Cl. The largest absolute Gasteiger partial charge is 0.417 e. The molecule has 0 saturated carbocycles. The molecule has 5 nitrogen and oxygen atoms in total. The summed E-state index contributed by atoms with van der Waals surface area (Å²) < 4.78 is 37.7. The van der Waals surface area contributed by atoms with Gasteiger partial charge in [0.15, 0.2) is 5.82 Å². The lowest BCUT2D eigenvalue weighted by atomic mass is 10.1. The van der Waals surface area contributed by atoms with E-state index < -0.39 is 17.6 Å². The zero-order valence-corrected chi connectivity index (χ0v) is 13.0. The molecule has 1 aromatic carbocycles. The molecule has 0 fully saturated rings. The molecule has 0 aliphatic heterocycles. The van der Waals surface area contributed by atoms with E-state index in [1.807, 2.05) is 0 Å². The van der Waals surface area contributed by atoms with Crippen molar-refractivity contribution in [1.29, 1.82) is 0 Å². The van der Waals surface area contributed by atoms with Gasteiger partial charge in [-0.15, -0.1) is 0 Å². The van der Waals surface area contributed by atoms with Crippen molar-refractivity contribution in [3.05, 3.63) is 52.7 Å². The maximum Gasteiger partial charge on any atom is 0.417 e. The van der Waals surface area contributed by atoms with Crippen molar-refractivity contribution in [2.75, 3.05) is 10.6 Å². The van der Waals surface area contributed by atoms with Crippen LogP contribution in [0.3, 0.4) is 0 Å². The van der Waals surface area contributed by atoms with Crippen molar-refractivity contribution in [3.8, 4) is 0 Å². The zero-order chi connectivity index (χ0) is 17.9. The van der Waals surface area contributed by atoms with Gasteiger partial charge in [-0.2, -0.15) is 13.2 Å². The summed E-state index contributed by atoms with van der Waals surface area (Å²) in [4.78, 5) is 26.9. The summed E-state index contributed by atoms with van der Waals surface area (Å²) in [5, 5.41) is 4.45. The van der Waals surface area contributed by atoms with Gasteiger partial charge in [0.2, 0.25) is 5.91 Å². The van der Waals surface area contributed by atoms with E-state index in [2.05, 4.69) is 15.6 Å². The number of para-hydroxylation sites is 1. The number of aromatic nitrogens is 1. The number of hydrogen-bond acceptors (Lipinski definition) is 3. The van der Waals surface area contributed by atoms with Crippen LogP contribution < -0.4 is 10.6 Å². The Morgan fingerprint density at radius 2 is 1.83 bits per heavy atom. The first-order valence-electron chi connectivity index (χ1n) is 6.59. The topological polar surface area (TPSA) is 71.1 Å². The number of pyridine rings is 1. The van der Waals surface area contributed by atoms with Crippen LogP contribution in [0.4, 0.5) is 24.7 Å². The van der Waals surface area contributed by atoms with Gasteiger partial charge in [0.25, 0.3) is 5.91 Å². The number of nitrogens with one attached hydrogen (secondary N) is 2. The fraction of sp³-hybridized carbons (Fsp3) is 0.133. The van der Waals surface area contributed by atoms with Crippen LogP contribution in [-0.2, 0) is 11.0 Å². The summed E-state index contributed by atoms with van der Waals surface area (Å²) in [6.45, 7) is 1.28. The Labute approximate surface area is 139 Å². The zero-order valence-electron chi connectivity index (χ0n) is 12.2. The second-order valence-corrected chi connectivity index (χ2v) is 5.14. The molecule has 2 N–H and O–H groups in total. The second-order valence-electron chi connectivity index (χ2n) is 4.73. The highest BCUT2D eigenvalue weighted by Crippen LogP contribution is 2.32. The molecule has 0 spiro atoms. The monoisotopic (exact) mass is 357 g/mol. The number of hydrogen-bond donors (Lipinski definition) is 2. The van der Waals surface area contributed by atoms with Gasteiger partial charge >= 0.3 is 6.18 Å². The maximum atomic E-state index is 12.6. The van der Waals surface area contributed by atoms with Crippen LogP contribution in [-0.4, -0.2) is 16.8 Å². The quantitative estimate of drug-likeness (QED) is 0.873. The molecule has 9 heteroatoms. The number of halogens is 4. The minimum absolute atomic E-state index is 0.116. The van der Waals surface area contributed by atoms with Gasteiger partial charge in [-0.3, -0.25) is 9.59 Å². The third-order valence-corrected chi connectivity index (χ3v) is 3.17. The highest BCUT2D eigenvalue weighted by Gasteiger charge is 2.31. The molecule has 24 heavy (non-hydrogen) atoms. The molecule has 0 aliphatic rings. The first-order valence-corrected chi connectivity index (χ1v) is 6.97. The predicted octanol–water partition coefficient (Wildman–Crippen LogP) is 3.96. The van der Waals surface area contributed by atoms with Crippen molar-refractivity contribution in [3.63, 3.8) is 0 Å². The van der Waals surface area contributed by atoms with Gasteiger partial charge in [-0.1, -0.05) is 23.7 Å². The number of anilines is 2. The third kappa shape index (κ3) is 4.23. The van der Waals surface area contributed by atoms with Crippen LogP contribution in [0, 0.1) is 0 Å². The van der Waals surface area contributed by atoms with Crippen LogP contribution in [0.1, 0.15) is 22.8 Å². The lowest BCUT2D eigenvalue weighted by molar-refractivity contribution is -0.137. The van der Waals surface area contributed by atoms with E-state index in [1.54, 1.807) is 12.1 Å². The van der Waals surface area contributed by atoms with Crippen molar-refractivity contribution in [1.82, 2.24) is 4.98 Å². The molecule has 0 radical (unpaired) electrons. The molecule has 0 aliphatic carbocycles. The molecule has 126 valence electrons. The molecule has 2 amide bonds. The Morgan fingerprint density at radius 1 is 1.17 bits per heavy atom. The maximum absolute atomic E-state index is 12.6. The average molecular weight is 358 g/mol. The average Bonchev–Trinajstić information content (AvgIpc) is 2.48. The van der Waals surface area contributed by atoms with E-state index in [-0.39, 0.29) is 28.0 Å². The Kier molecular flexibility index (Phi) is 5.08. The van der Waals surface area contributed by atoms with Gasteiger partial charge in [0.1, 0.15) is 0 Å². The van der Waals surface area contributed by atoms with Gasteiger partial charge in [-0.25, -0.2) is 4.98 Å². The molecule has 0 unspecified atom stereocenters. The van der Waals surface area contributed by atoms with E-state index >= 15 is 0 Å². The minimum Gasteiger partial charge on any atom is -0.326 e. The van der Waals surface area contributed by atoms with Crippen LogP contribution in [0.5, 0.6) is 0 Å². The molecule has 1 aromatic heterocycles. The van der Waals surface area contributed by atoms with Gasteiger partial charge < -0.3 is 10.6 Å². The van der Waals surface area contributed by atoms with Crippen molar-refractivity contribution in [2.24, 2.45) is 0 Å². The van der Waals surface area contributed by atoms with Crippen molar-refractivity contribution < 1.29 is 22.8 Å². The minimum atomic E-state index is -4.59. The Balaban J connectivity index is 2.26. The Hall–Kier alpha value is -2.61. The molecular weight excluding hydrogens is 347 g/mol. The molecular formula is C15H11ClF3N3O2. The molecule has 0 saturated heterocycles. The van der Waals surface area contributed by atoms with E-state index in [4.69, 9.17) is 11.6 Å². The number of nitrogens with zero attached hydrogens (tertiary/aromatic N) is 1. The smallest absolute Gasteiger partial charge is 0.326 e. The summed E-state index contributed by atoms with van der Waals surface area (Å²) in [5.74, 6) is -1.26. The highest BCUT2D eigenvalue weighted by molar-refractivity contribution is 6.33. The van der Waals surface area contributed by atoms with Crippen LogP contribution in [0.25, 0.3) is 0 Å². The third-order valence-electron chi connectivity index (χ3n) is 2.88. The predicted molar refractivity (Wildman–Crippen MR) is 82.9 cm³/mol. The number of benzene rings is 1. The van der Waals surface area contributed by atoms with Gasteiger partial charge in [0.05, 0.1) is 21.8 Å². The molecule has 0 bridgehead atoms. The lowest BCUT2D eigenvalue weighted by Gasteiger charge is -2.12. The number of amides is 2. The summed E-state index contributed by atoms with van der Waals surface area (Å²) in [7, 11) is 0. The van der Waals surface area contributed by atoms with E-state index in [0.717, 1.165) is 0 Å². The van der Waals surface area contributed by atoms with Crippen LogP contribution in [0.15, 0.2) is 36.5 Å². The van der Waals surface area contributed by atoms with E-state index in [0.29, 0.717) is 12.3 Å². The number of carbonyl (C=O) groups is 2. The van der Waals surface area contributed by atoms with E-state index in [1.165, 1.54) is 19.1 Å². The highest BCUT2D eigenvalue weighted by atomic mass is 35.5. The fourth-order valence-corrected chi connectivity index (χ4v) is 2.05. The molecule has 0 atom stereocenters. The van der Waals surface area contributed by atoms with Gasteiger partial charge in [-0.05, 0) is 18.2 Å². The van der Waals surface area contributed by atoms with Gasteiger partial charge in [0, 0.05) is 13.1 Å². The van der Waals surface area contributed by atoms with Crippen LogP contribution in [0.2, 0.25) is 5.02 Å². The van der Waals surface area contributed by atoms with Crippen molar-refractivity contribution >= 4 is 34.9 Å². The lowest BCUT2D eigenvalue weighted by Crippen LogP contribution is -2.17. The number of carbonyl (C=O) groups excluding carboxylic acids is 2. The van der Waals surface area contributed by atoms with Crippen LogP contribution >= 0.6 is 11.6 Å². The molecule has 2 aromatic rings. The standard InChI is InChI=1S/C15H11ClF3N3O2/c1-8(23)21-12-5-3-2-4-10(12)14(24)22-13-11(16)6-9(7-20-13)15(17,18)19/h2-7H,1H3,(H,21,23)(H,20,22,24). The Bertz CT molecular complexity index is 794. The summed E-state index contributed by atoms with van der Waals surface area (Å²) in [5.41, 5.74) is -0.653.